The summed E-state index contributed by atoms with van der Waals surface area (Å²) < 4.78 is 5.40. The normalized spacial score (nSPS) is 40.9. The zero-order valence-electron chi connectivity index (χ0n) is 11.0. The maximum atomic E-state index is 11.8. The van der Waals surface area contributed by atoms with Crippen LogP contribution in [0.1, 0.15) is 26.7 Å². The van der Waals surface area contributed by atoms with Gasteiger partial charge in [-0.05, 0) is 33.7 Å². The molecule has 5 atom stereocenters. The molecule has 0 unspecified atom stereocenters. The Morgan fingerprint density at radius 3 is 2.56 bits per heavy atom. The average molecular weight is 255 g/mol. The van der Waals surface area contributed by atoms with E-state index in [1.807, 2.05) is 11.9 Å². The highest BCUT2D eigenvalue weighted by Crippen LogP contribution is 2.36. The number of carbonyl (C=O) groups is 1. The SMILES string of the molecule is C/C=C(\C)C(=O)O[C@@H]1[C@H](O)[C@H]2C[C@@H](O)C[C@@H]1N2C. The largest absolute Gasteiger partial charge is 0.455 e. The molecule has 2 aliphatic heterocycles. The van der Waals surface area contributed by atoms with Gasteiger partial charge in [-0.3, -0.25) is 4.90 Å². The van der Waals surface area contributed by atoms with Gasteiger partial charge in [-0.25, -0.2) is 4.79 Å². The molecule has 5 heteroatoms. The van der Waals surface area contributed by atoms with E-state index in [1.165, 1.54) is 0 Å². The first-order valence-electron chi connectivity index (χ1n) is 6.37. The molecule has 2 N–H and O–H groups in total. The molecule has 0 radical (unpaired) electrons. The van der Waals surface area contributed by atoms with Crippen molar-refractivity contribution in [3.63, 3.8) is 0 Å². The number of hydrogen-bond donors (Lipinski definition) is 2. The quantitative estimate of drug-likeness (QED) is 0.539. The maximum absolute atomic E-state index is 11.8. The monoisotopic (exact) mass is 255 g/mol. The molecule has 0 aromatic carbocycles. The van der Waals surface area contributed by atoms with Gasteiger partial charge in [0.25, 0.3) is 0 Å². The van der Waals surface area contributed by atoms with Crippen LogP contribution in [0.5, 0.6) is 0 Å². The van der Waals surface area contributed by atoms with Crippen molar-refractivity contribution in [3.8, 4) is 0 Å². The zero-order chi connectivity index (χ0) is 13.4. The molecule has 2 fully saturated rings. The van der Waals surface area contributed by atoms with Crippen molar-refractivity contribution in [1.82, 2.24) is 4.90 Å². The number of rotatable bonds is 2. The molecule has 0 spiro atoms. The Kier molecular flexibility index (Phi) is 3.75. The molecule has 0 aliphatic carbocycles. The van der Waals surface area contributed by atoms with Gasteiger partial charge in [-0.2, -0.15) is 0 Å². The second-order valence-electron chi connectivity index (χ2n) is 5.26. The summed E-state index contributed by atoms with van der Waals surface area (Å²) in [4.78, 5) is 13.8. The average Bonchev–Trinajstić information content (AvgIpc) is 2.49. The molecule has 0 amide bonds. The van der Waals surface area contributed by atoms with Gasteiger partial charge in [0.05, 0.1) is 12.1 Å². The van der Waals surface area contributed by atoms with Crippen LogP contribution in [-0.2, 0) is 9.53 Å². The summed E-state index contributed by atoms with van der Waals surface area (Å²) in [7, 11) is 1.90. The number of aliphatic hydroxyl groups excluding tert-OH is 2. The smallest absolute Gasteiger partial charge is 0.333 e. The molecule has 102 valence electrons. The van der Waals surface area contributed by atoms with Gasteiger partial charge in [0.1, 0.15) is 12.2 Å². The van der Waals surface area contributed by atoms with E-state index >= 15 is 0 Å². The van der Waals surface area contributed by atoms with Crippen LogP contribution in [0.4, 0.5) is 0 Å². The number of aliphatic hydroxyl groups is 2. The lowest BCUT2D eigenvalue weighted by Crippen LogP contribution is -2.45. The molecule has 18 heavy (non-hydrogen) atoms. The lowest BCUT2D eigenvalue weighted by Gasteiger charge is -2.34. The van der Waals surface area contributed by atoms with Gasteiger partial charge in [0.15, 0.2) is 0 Å². The molecular formula is C13H21NO4. The van der Waals surface area contributed by atoms with Crippen molar-refractivity contribution in [2.75, 3.05) is 7.05 Å². The summed E-state index contributed by atoms with van der Waals surface area (Å²) in [6, 6.07) is -0.218. The van der Waals surface area contributed by atoms with Crippen LogP contribution >= 0.6 is 0 Å². The second-order valence-corrected chi connectivity index (χ2v) is 5.26. The molecule has 0 aromatic heterocycles. The summed E-state index contributed by atoms with van der Waals surface area (Å²) in [5, 5.41) is 19.9. The van der Waals surface area contributed by atoms with E-state index in [0.29, 0.717) is 18.4 Å². The number of fused-ring (bicyclic) bond motifs is 2. The molecule has 2 rings (SSSR count). The molecule has 2 saturated heterocycles. The predicted molar refractivity (Wildman–Crippen MR) is 65.9 cm³/mol. The summed E-state index contributed by atoms with van der Waals surface area (Å²) >= 11 is 0. The Morgan fingerprint density at radius 1 is 1.33 bits per heavy atom. The minimum atomic E-state index is -0.717. The fraction of sp³-hybridized carbons (Fsp3) is 0.769. The number of ether oxygens (including phenoxy) is 1. The number of likely N-dealkylation sites (N-methyl/N-ethyl adjacent to an activating group) is 1. The summed E-state index contributed by atoms with van der Waals surface area (Å²) in [6.07, 6.45) is 1.08. The van der Waals surface area contributed by atoms with E-state index < -0.39 is 24.3 Å². The lowest BCUT2D eigenvalue weighted by molar-refractivity contribution is -0.149. The number of hydrogen-bond acceptors (Lipinski definition) is 5. The highest BCUT2D eigenvalue weighted by Gasteiger charge is 2.52. The molecule has 5 nitrogen and oxygen atoms in total. The Labute approximate surface area is 107 Å². The maximum Gasteiger partial charge on any atom is 0.333 e. The Morgan fingerprint density at radius 2 is 1.94 bits per heavy atom. The van der Waals surface area contributed by atoms with E-state index in [0.717, 1.165) is 0 Å². The molecule has 0 saturated carbocycles. The number of allylic oxidation sites excluding steroid dienone is 1. The number of carbonyl (C=O) groups excluding carboxylic acids is 1. The first-order valence-corrected chi connectivity index (χ1v) is 6.37. The molecule has 0 aromatic rings. The van der Waals surface area contributed by atoms with Gasteiger partial charge in [-0.1, -0.05) is 6.08 Å². The van der Waals surface area contributed by atoms with Gasteiger partial charge in [0.2, 0.25) is 0 Å². The summed E-state index contributed by atoms with van der Waals surface area (Å²) in [5.41, 5.74) is 0.534. The van der Waals surface area contributed by atoms with Crippen molar-refractivity contribution >= 4 is 5.97 Å². The fourth-order valence-electron chi connectivity index (χ4n) is 2.91. The van der Waals surface area contributed by atoms with Gasteiger partial charge >= 0.3 is 5.97 Å². The van der Waals surface area contributed by atoms with Gasteiger partial charge in [0, 0.05) is 11.6 Å². The third-order valence-corrected chi connectivity index (χ3v) is 4.18. The van der Waals surface area contributed by atoms with Gasteiger partial charge in [-0.15, -0.1) is 0 Å². The minimum Gasteiger partial charge on any atom is -0.455 e. The highest BCUT2D eigenvalue weighted by molar-refractivity contribution is 5.87. The fourth-order valence-corrected chi connectivity index (χ4v) is 2.91. The summed E-state index contributed by atoms with van der Waals surface area (Å²) in [6.45, 7) is 3.46. The van der Waals surface area contributed by atoms with Crippen LogP contribution in [0, 0.1) is 0 Å². The minimum absolute atomic E-state index is 0.0950. The van der Waals surface area contributed by atoms with E-state index in [-0.39, 0.29) is 12.1 Å². The van der Waals surface area contributed by atoms with Gasteiger partial charge < -0.3 is 14.9 Å². The van der Waals surface area contributed by atoms with Crippen molar-refractivity contribution in [1.29, 1.82) is 0 Å². The van der Waals surface area contributed by atoms with E-state index in [2.05, 4.69) is 0 Å². The number of nitrogens with zero attached hydrogens (tertiary/aromatic N) is 1. The standard InChI is InChI=1S/C13H21NO4/c1-4-7(2)13(17)18-12-10-6-8(15)5-9(11(12)16)14(10)3/h4,8-12,15-16H,5-6H2,1-3H3/b7-4+/t8-,9-,10+,11-,12+/m1/s1. The first-order chi connectivity index (χ1) is 8.45. The summed E-state index contributed by atoms with van der Waals surface area (Å²) in [5.74, 6) is -0.392. The Bertz CT molecular complexity index is 368. The topological polar surface area (TPSA) is 70.0 Å². The van der Waals surface area contributed by atoms with E-state index in [1.54, 1.807) is 19.9 Å². The van der Waals surface area contributed by atoms with Crippen molar-refractivity contribution in [3.05, 3.63) is 11.6 Å². The molecule has 2 heterocycles. The second kappa shape index (κ2) is 4.99. The van der Waals surface area contributed by atoms with Crippen LogP contribution < -0.4 is 0 Å². The Hall–Kier alpha value is -0.910. The number of esters is 1. The van der Waals surface area contributed by atoms with Crippen LogP contribution in [0.25, 0.3) is 0 Å². The van der Waals surface area contributed by atoms with E-state index in [4.69, 9.17) is 4.74 Å². The van der Waals surface area contributed by atoms with Crippen molar-refractivity contribution in [2.45, 2.75) is 57.1 Å². The highest BCUT2D eigenvalue weighted by atomic mass is 16.6. The van der Waals surface area contributed by atoms with Crippen LogP contribution in [0.2, 0.25) is 0 Å². The van der Waals surface area contributed by atoms with Crippen LogP contribution in [0.3, 0.4) is 0 Å². The number of piperidine rings is 1. The third-order valence-electron chi connectivity index (χ3n) is 4.18. The lowest BCUT2D eigenvalue weighted by atomic mass is 10.0. The zero-order valence-corrected chi connectivity index (χ0v) is 11.0. The third kappa shape index (κ3) is 2.18. The van der Waals surface area contributed by atoms with Crippen LogP contribution in [0.15, 0.2) is 11.6 Å². The molecule has 2 aliphatic rings. The molecule has 2 bridgehead atoms. The first kappa shape index (κ1) is 13.5. The predicted octanol–water partition coefficient (Wildman–Crippen LogP) is 0.0626. The van der Waals surface area contributed by atoms with Crippen molar-refractivity contribution in [2.24, 2.45) is 0 Å². The Balaban J connectivity index is 2.12. The van der Waals surface area contributed by atoms with Crippen molar-refractivity contribution < 1.29 is 19.7 Å². The molecular weight excluding hydrogens is 234 g/mol. The van der Waals surface area contributed by atoms with E-state index in [9.17, 15) is 15.0 Å². The van der Waals surface area contributed by atoms with Crippen LogP contribution in [-0.4, -0.2) is 58.5 Å².